The zero-order chi connectivity index (χ0) is 17.7. The fraction of sp³-hybridized carbons (Fsp3) is 1.00. The number of fused-ring (bicyclic) bond motifs is 5. The molecule has 1 nitrogen and oxygen atoms in total. The van der Waals surface area contributed by atoms with Gasteiger partial charge < -0.3 is 5.73 Å². The maximum absolute atomic E-state index is 7.09. The summed E-state index contributed by atoms with van der Waals surface area (Å²) in [6, 6.07) is 0. The molecule has 4 fully saturated rings. The molecule has 0 amide bonds. The highest BCUT2D eigenvalue weighted by atomic mass is 32.1. The maximum atomic E-state index is 7.09. The number of hydrogen-bond acceptors (Lipinski definition) is 2. The SMILES string of the molecule is CCCCCC1CCC2C1CCC1(S)C2CCC2(N)CCCCC21C. The topological polar surface area (TPSA) is 26.0 Å². The Morgan fingerprint density at radius 1 is 0.920 bits per heavy atom. The van der Waals surface area contributed by atoms with Crippen molar-refractivity contribution in [3.05, 3.63) is 0 Å². The normalized spacial score (nSPS) is 52.3. The molecule has 4 aliphatic carbocycles. The first-order chi connectivity index (χ1) is 12.0. The van der Waals surface area contributed by atoms with E-state index in [1.54, 1.807) is 0 Å². The van der Waals surface area contributed by atoms with Crippen LogP contribution >= 0.6 is 12.6 Å². The molecule has 7 unspecified atom stereocenters. The molecule has 2 N–H and O–H groups in total. The van der Waals surface area contributed by atoms with E-state index in [-0.39, 0.29) is 15.7 Å². The molecule has 0 aliphatic heterocycles. The second-order valence-corrected chi connectivity index (χ2v) is 11.3. The fourth-order valence-electron chi connectivity index (χ4n) is 8.12. The molecule has 0 aromatic heterocycles. The summed E-state index contributed by atoms with van der Waals surface area (Å²) >= 11 is 5.56. The van der Waals surface area contributed by atoms with Crippen molar-refractivity contribution >= 4 is 12.6 Å². The van der Waals surface area contributed by atoms with Crippen LogP contribution in [-0.4, -0.2) is 10.3 Å². The summed E-state index contributed by atoms with van der Waals surface area (Å²) in [7, 11) is 0. The van der Waals surface area contributed by atoms with Crippen LogP contribution in [0.4, 0.5) is 0 Å². The second kappa shape index (κ2) is 6.73. The van der Waals surface area contributed by atoms with Crippen molar-refractivity contribution in [2.24, 2.45) is 34.8 Å². The van der Waals surface area contributed by atoms with Crippen LogP contribution in [0.5, 0.6) is 0 Å². The molecule has 0 radical (unpaired) electrons. The third kappa shape index (κ3) is 2.67. The average Bonchev–Trinajstić information content (AvgIpc) is 2.99. The largest absolute Gasteiger partial charge is 0.325 e. The lowest BCUT2D eigenvalue weighted by Gasteiger charge is -2.67. The van der Waals surface area contributed by atoms with E-state index in [0.717, 1.165) is 23.7 Å². The Morgan fingerprint density at radius 2 is 1.72 bits per heavy atom. The van der Waals surface area contributed by atoms with Crippen molar-refractivity contribution in [1.29, 1.82) is 0 Å². The lowest BCUT2D eigenvalue weighted by atomic mass is 9.44. The molecule has 4 saturated carbocycles. The first-order valence-electron chi connectivity index (χ1n) is 11.5. The second-order valence-electron chi connectivity index (χ2n) is 10.5. The number of hydrogen-bond donors (Lipinski definition) is 2. The summed E-state index contributed by atoms with van der Waals surface area (Å²) in [5.41, 5.74) is 7.41. The van der Waals surface area contributed by atoms with E-state index < -0.39 is 0 Å². The number of rotatable bonds is 4. The molecule has 0 saturated heterocycles. The van der Waals surface area contributed by atoms with E-state index >= 15 is 0 Å². The highest BCUT2D eigenvalue weighted by Gasteiger charge is 2.66. The maximum Gasteiger partial charge on any atom is 0.0232 e. The molecular weight excluding hydrogens is 322 g/mol. The van der Waals surface area contributed by atoms with Gasteiger partial charge in [0.25, 0.3) is 0 Å². The van der Waals surface area contributed by atoms with Gasteiger partial charge in [-0.3, -0.25) is 0 Å². The van der Waals surface area contributed by atoms with Gasteiger partial charge in [-0.05, 0) is 75.0 Å². The van der Waals surface area contributed by atoms with Gasteiger partial charge >= 0.3 is 0 Å². The summed E-state index contributed by atoms with van der Waals surface area (Å²) in [5, 5.41) is 0. The lowest BCUT2D eigenvalue weighted by Crippen LogP contribution is -2.71. The van der Waals surface area contributed by atoms with Crippen LogP contribution in [0.15, 0.2) is 0 Å². The number of thiol groups is 1. The molecule has 0 heterocycles. The lowest BCUT2D eigenvalue weighted by molar-refractivity contribution is -0.0778. The van der Waals surface area contributed by atoms with Gasteiger partial charge in [0.2, 0.25) is 0 Å². The standard InChI is InChI=1S/C23H41NS/c1-3-4-5-8-17-9-10-19-18(17)11-16-23(25)20(19)12-15-22(24)14-7-6-13-21(22,23)2/h17-20,25H,3-16,24H2,1-2H3. The van der Waals surface area contributed by atoms with Gasteiger partial charge in [-0.1, -0.05) is 52.4 Å². The first-order valence-corrected chi connectivity index (χ1v) is 11.9. The zero-order valence-corrected chi connectivity index (χ0v) is 17.6. The van der Waals surface area contributed by atoms with E-state index in [2.05, 4.69) is 13.8 Å². The minimum Gasteiger partial charge on any atom is -0.325 e. The Hall–Kier alpha value is 0.310. The zero-order valence-electron chi connectivity index (χ0n) is 16.7. The van der Waals surface area contributed by atoms with Crippen molar-refractivity contribution in [1.82, 2.24) is 0 Å². The van der Waals surface area contributed by atoms with Crippen molar-refractivity contribution in [2.45, 2.75) is 114 Å². The van der Waals surface area contributed by atoms with Gasteiger partial charge in [-0.15, -0.1) is 0 Å². The van der Waals surface area contributed by atoms with E-state index in [0.29, 0.717) is 0 Å². The monoisotopic (exact) mass is 363 g/mol. The predicted molar refractivity (Wildman–Crippen MR) is 111 cm³/mol. The van der Waals surface area contributed by atoms with Crippen LogP contribution in [0, 0.1) is 29.1 Å². The average molecular weight is 364 g/mol. The van der Waals surface area contributed by atoms with E-state index in [9.17, 15) is 0 Å². The van der Waals surface area contributed by atoms with Crippen LogP contribution in [-0.2, 0) is 0 Å². The molecule has 4 rings (SSSR count). The quantitative estimate of drug-likeness (QED) is 0.441. The molecule has 144 valence electrons. The van der Waals surface area contributed by atoms with Crippen LogP contribution in [0.25, 0.3) is 0 Å². The van der Waals surface area contributed by atoms with E-state index in [1.165, 1.54) is 89.9 Å². The third-order valence-electron chi connectivity index (χ3n) is 9.70. The summed E-state index contributed by atoms with van der Waals surface area (Å²) in [5.74, 6) is 3.84. The highest BCUT2D eigenvalue weighted by molar-refractivity contribution is 7.81. The minimum absolute atomic E-state index is 0.0649. The van der Waals surface area contributed by atoms with Crippen molar-refractivity contribution in [3.63, 3.8) is 0 Å². The molecule has 0 spiro atoms. The summed E-state index contributed by atoms with van der Waals surface area (Å²) in [6.45, 7) is 4.87. The van der Waals surface area contributed by atoms with Gasteiger partial charge in [-0.2, -0.15) is 12.6 Å². The van der Waals surface area contributed by atoms with Crippen molar-refractivity contribution < 1.29 is 0 Å². The molecule has 7 atom stereocenters. The Morgan fingerprint density at radius 3 is 2.52 bits per heavy atom. The fourth-order valence-corrected chi connectivity index (χ4v) is 8.90. The Kier molecular flexibility index (Phi) is 5.02. The molecule has 0 aromatic carbocycles. The molecule has 4 aliphatic rings. The van der Waals surface area contributed by atoms with E-state index in [1.807, 2.05) is 0 Å². The van der Waals surface area contributed by atoms with Crippen molar-refractivity contribution in [3.8, 4) is 0 Å². The van der Waals surface area contributed by atoms with Crippen LogP contribution in [0.1, 0.15) is 104 Å². The Bertz CT molecular complexity index is 492. The van der Waals surface area contributed by atoms with Gasteiger partial charge in [0.15, 0.2) is 0 Å². The summed E-state index contributed by atoms with van der Waals surface area (Å²) in [4.78, 5) is 0. The minimum atomic E-state index is 0.0649. The predicted octanol–water partition coefficient (Wildman–Crippen LogP) is 6.36. The number of nitrogens with two attached hydrogens (primary N) is 1. The Labute approximate surface area is 161 Å². The van der Waals surface area contributed by atoms with Gasteiger partial charge in [0.05, 0.1) is 0 Å². The number of unbranched alkanes of at least 4 members (excludes halogenated alkanes) is 2. The van der Waals surface area contributed by atoms with Gasteiger partial charge in [-0.25, -0.2) is 0 Å². The van der Waals surface area contributed by atoms with Gasteiger partial charge in [0, 0.05) is 15.7 Å². The molecule has 0 bridgehead atoms. The Balaban J connectivity index is 1.55. The molecule has 2 heteroatoms. The first kappa shape index (κ1) is 18.7. The molecule has 25 heavy (non-hydrogen) atoms. The summed E-state index contributed by atoms with van der Waals surface area (Å²) < 4.78 is 0.208. The summed E-state index contributed by atoms with van der Waals surface area (Å²) in [6.07, 6.45) is 19.4. The van der Waals surface area contributed by atoms with Crippen molar-refractivity contribution in [2.75, 3.05) is 0 Å². The smallest absolute Gasteiger partial charge is 0.0232 e. The highest BCUT2D eigenvalue weighted by Crippen LogP contribution is 2.68. The van der Waals surface area contributed by atoms with Crippen LogP contribution < -0.4 is 5.73 Å². The van der Waals surface area contributed by atoms with E-state index in [4.69, 9.17) is 18.4 Å². The van der Waals surface area contributed by atoms with Crippen LogP contribution in [0.3, 0.4) is 0 Å². The molecular formula is C23H41NS. The van der Waals surface area contributed by atoms with Crippen LogP contribution in [0.2, 0.25) is 0 Å². The van der Waals surface area contributed by atoms with Gasteiger partial charge in [0.1, 0.15) is 0 Å². The third-order valence-corrected chi connectivity index (χ3v) is 10.7. The molecule has 0 aromatic rings.